The monoisotopic (exact) mass is 406 g/mol. The van der Waals surface area contributed by atoms with Crippen LogP contribution in [0.3, 0.4) is 0 Å². The van der Waals surface area contributed by atoms with Crippen LogP contribution in [0, 0.1) is 24.0 Å². The summed E-state index contributed by atoms with van der Waals surface area (Å²) in [5, 5.41) is 18.2. The maximum absolute atomic E-state index is 12.1. The molecule has 140 valence electrons. The molecule has 8 nitrogen and oxygen atoms in total. The first-order valence-corrected chi connectivity index (χ1v) is 9.16. The van der Waals surface area contributed by atoms with Gasteiger partial charge in [0.15, 0.2) is 0 Å². The van der Waals surface area contributed by atoms with E-state index in [9.17, 15) is 14.9 Å². The molecule has 0 aliphatic heterocycles. The fourth-order valence-corrected chi connectivity index (χ4v) is 3.68. The summed E-state index contributed by atoms with van der Waals surface area (Å²) < 4.78 is 6.49. The van der Waals surface area contributed by atoms with Gasteiger partial charge in [0.1, 0.15) is 29.5 Å². The fourth-order valence-electron chi connectivity index (χ4n) is 2.56. The number of hydrogen-bond acceptors (Lipinski definition) is 7. The predicted molar refractivity (Wildman–Crippen MR) is 101 cm³/mol. The molecule has 27 heavy (non-hydrogen) atoms. The Balaban J connectivity index is 1.63. The van der Waals surface area contributed by atoms with Crippen molar-refractivity contribution in [3.63, 3.8) is 0 Å². The molecule has 3 rings (SSSR count). The highest BCUT2D eigenvalue weighted by Gasteiger charge is 2.23. The molecule has 3 aromatic rings. The first kappa shape index (κ1) is 19.0. The summed E-state index contributed by atoms with van der Waals surface area (Å²) in [4.78, 5) is 27.0. The van der Waals surface area contributed by atoms with Gasteiger partial charge in [-0.2, -0.15) is 5.10 Å². The molecule has 0 radical (unpaired) electrons. The number of aryl methyl sites for hydroxylation is 1. The number of nitrogens with zero attached hydrogens (tertiary/aromatic N) is 4. The number of nitro groups is 1. The third-order valence-corrected chi connectivity index (χ3v) is 5.10. The number of rotatable bonds is 6. The molecule has 10 heteroatoms. The second kappa shape index (κ2) is 7.85. The Morgan fingerprint density at radius 1 is 1.37 bits per heavy atom. The molecule has 0 aliphatic rings. The highest BCUT2D eigenvalue weighted by atomic mass is 35.5. The standard InChI is InChI=1S/C17H15ClN4O4S/c1-10-16(22(24)25)11(2)21(20-10)7-15(23)26-8-12-9-27-17(19-12)13-5-3-4-6-14(13)18/h3-6,9H,7-8H2,1-2H3. The van der Waals surface area contributed by atoms with Gasteiger partial charge >= 0.3 is 11.7 Å². The number of carbonyl (C=O) groups is 1. The first-order valence-electron chi connectivity index (χ1n) is 7.90. The Morgan fingerprint density at radius 2 is 2.11 bits per heavy atom. The zero-order chi connectivity index (χ0) is 19.6. The largest absolute Gasteiger partial charge is 0.458 e. The van der Waals surface area contributed by atoms with E-state index in [1.54, 1.807) is 18.4 Å². The molecule has 0 N–H and O–H groups in total. The summed E-state index contributed by atoms with van der Waals surface area (Å²) >= 11 is 7.57. The number of thiazole rings is 1. The van der Waals surface area contributed by atoms with Gasteiger partial charge in [0.25, 0.3) is 0 Å². The van der Waals surface area contributed by atoms with Gasteiger partial charge in [-0.1, -0.05) is 29.8 Å². The van der Waals surface area contributed by atoms with Crippen LogP contribution in [0.4, 0.5) is 5.69 Å². The molecule has 0 bridgehead atoms. The van der Waals surface area contributed by atoms with Crippen molar-refractivity contribution in [1.29, 1.82) is 0 Å². The van der Waals surface area contributed by atoms with E-state index >= 15 is 0 Å². The predicted octanol–water partition coefficient (Wildman–Crippen LogP) is 3.93. The van der Waals surface area contributed by atoms with Crippen molar-refractivity contribution in [3.8, 4) is 10.6 Å². The SMILES string of the molecule is Cc1nn(CC(=O)OCc2csc(-c3ccccc3Cl)n2)c(C)c1[N+](=O)[O-]. The van der Waals surface area contributed by atoms with E-state index < -0.39 is 10.9 Å². The van der Waals surface area contributed by atoms with E-state index in [0.29, 0.717) is 16.4 Å². The van der Waals surface area contributed by atoms with Crippen LogP contribution >= 0.6 is 22.9 Å². The Hall–Kier alpha value is -2.78. The van der Waals surface area contributed by atoms with Crippen LogP contribution in [0.5, 0.6) is 0 Å². The minimum atomic E-state index is -0.553. The van der Waals surface area contributed by atoms with Crippen LogP contribution in [0.25, 0.3) is 10.6 Å². The minimum absolute atomic E-state index is 0.00117. The Labute approximate surface area is 163 Å². The molecule has 0 aliphatic carbocycles. The maximum atomic E-state index is 12.1. The van der Waals surface area contributed by atoms with Crippen molar-refractivity contribution < 1.29 is 14.5 Å². The second-order valence-electron chi connectivity index (χ2n) is 5.72. The second-order valence-corrected chi connectivity index (χ2v) is 6.98. The van der Waals surface area contributed by atoms with Gasteiger partial charge in [-0.15, -0.1) is 11.3 Å². The molecule has 0 saturated carbocycles. The number of carbonyl (C=O) groups excluding carboxylic acids is 1. The van der Waals surface area contributed by atoms with E-state index in [1.807, 2.05) is 18.2 Å². The van der Waals surface area contributed by atoms with Crippen LogP contribution < -0.4 is 0 Å². The average Bonchev–Trinajstić information content (AvgIpc) is 3.18. The zero-order valence-corrected chi connectivity index (χ0v) is 16.1. The van der Waals surface area contributed by atoms with Gasteiger partial charge in [-0.3, -0.25) is 19.6 Å². The van der Waals surface area contributed by atoms with Crippen LogP contribution in [0.15, 0.2) is 29.6 Å². The summed E-state index contributed by atoms with van der Waals surface area (Å²) in [6, 6.07) is 7.36. The summed E-state index contributed by atoms with van der Waals surface area (Å²) in [5.41, 5.74) is 1.89. The Kier molecular flexibility index (Phi) is 5.52. The van der Waals surface area contributed by atoms with E-state index in [-0.39, 0.29) is 24.5 Å². The number of ether oxygens (including phenoxy) is 1. The van der Waals surface area contributed by atoms with E-state index in [0.717, 1.165) is 10.6 Å². The van der Waals surface area contributed by atoms with Gasteiger partial charge < -0.3 is 4.74 Å². The van der Waals surface area contributed by atoms with Crippen molar-refractivity contribution in [2.45, 2.75) is 27.0 Å². The lowest BCUT2D eigenvalue weighted by molar-refractivity contribution is -0.386. The lowest BCUT2D eigenvalue weighted by Gasteiger charge is -2.04. The topological polar surface area (TPSA) is 100 Å². The summed E-state index contributed by atoms with van der Waals surface area (Å²) in [7, 11) is 0. The van der Waals surface area contributed by atoms with Crippen LogP contribution in [-0.2, 0) is 22.7 Å². The lowest BCUT2D eigenvalue weighted by Crippen LogP contribution is -2.15. The maximum Gasteiger partial charge on any atom is 0.328 e. The molecule has 0 spiro atoms. The molecule has 0 amide bonds. The minimum Gasteiger partial charge on any atom is -0.458 e. The number of esters is 1. The molecule has 2 aromatic heterocycles. The summed E-state index contributed by atoms with van der Waals surface area (Å²) in [6.45, 7) is 2.86. The molecule has 0 atom stereocenters. The van der Waals surface area contributed by atoms with Crippen LogP contribution in [-0.4, -0.2) is 25.7 Å². The summed E-state index contributed by atoms with van der Waals surface area (Å²) in [5.74, 6) is -0.553. The third-order valence-electron chi connectivity index (χ3n) is 3.84. The quantitative estimate of drug-likeness (QED) is 0.349. The molecule has 0 saturated heterocycles. The third kappa shape index (κ3) is 4.15. The van der Waals surface area contributed by atoms with E-state index in [4.69, 9.17) is 16.3 Å². The highest BCUT2D eigenvalue weighted by Crippen LogP contribution is 2.30. The molecule has 2 heterocycles. The molecule has 0 unspecified atom stereocenters. The van der Waals surface area contributed by atoms with Crippen molar-refractivity contribution in [3.05, 3.63) is 61.9 Å². The molecule has 0 fully saturated rings. The Bertz CT molecular complexity index is 1010. The molecule has 1 aromatic carbocycles. The fraction of sp³-hybridized carbons (Fsp3) is 0.235. The first-order chi connectivity index (χ1) is 12.9. The van der Waals surface area contributed by atoms with Crippen molar-refractivity contribution in [2.75, 3.05) is 0 Å². The van der Waals surface area contributed by atoms with Crippen molar-refractivity contribution in [2.24, 2.45) is 0 Å². The normalized spacial score (nSPS) is 10.8. The van der Waals surface area contributed by atoms with Crippen molar-refractivity contribution >= 4 is 34.6 Å². The van der Waals surface area contributed by atoms with Gasteiger partial charge in [0.2, 0.25) is 0 Å². The number of benzene rings is 1. The molecular weight excluding hydrogens is 392 g/mol. The van der Waals surface area contributed by atoms with E-state index in [2.05, 4.69) is 10.1 Å². The van der Waals surface area contributed by atoms with Crippen molar-refractivity contribution in [1.82, 2.24) is 14.8 Å². The van der Waals surface area contributed by atoms with Gasteiger partial charge in [-0.05, 0) is 19.9 Å². The highest BCUT2D eigenvalue weighted by molar-refractivity contribution is 7.13. The number of aromatic nitrogens is 3. The van der Waals surface area contributed by atoms with Gasteiger partial charge in [-0.25, -0.2) is 4.98 Å². The Morgan fingerprint density at radius 3 is 2.78 bits per heavy atom. The van der Waals surface area contributed by atoms with Crippen LogP contribution in [0.2, 0.25) is 5.02 Å². The smallest absolute Gasteiger partial charge is 0.328 e. The lowest BCUT2D eigenvalue weighted by atomic mass is 10.2. The number of halogens is 1. The zero-order valence-electron chi connectivity index (χ0n) is 14.5. The van der Waals surface area contributed by atoms with Crippen LogP contribution in [0.1, 0.15) is 17.1 Å². The molecular formula is C17H15ClN4O4S. The van der Waals surface area contributed by atoms with Gasteiger partial charge in [0.05, 0.1) is 15.6 Å². The number of hydrogen-bond donors (Lipinski definition) is 0. The van der Waals surface area contributed by atoms with Gasteiger partial charge in [0, 0.05) is 10.9 Å². The summed E-state index contributed by atoms with van der Waals surface area (Å²) in [6.07, 6.45) is 0. The van der Waals surface area contributed by atoms with E-state index in [1.165, 1.54) is 22.9 Å². The average molecular weight is 407 g/mol.